The monoisotopic (exact) mass is 206 g/mol. The van der Waals surface area contributed by atoms with Gasteiger partial charge in [-0.25, -0.2) is 4.79 Å². The molecule has 0 N–H and O–H groups in total. The van der Waals surface area contributed by atoms with Gasteiger partial charge in [0.25, 0.3) is 0 Å². The third-order valence-electron chi connectivity index (χ3n) is 0.984. The highest BCUT2D eigenvalue weighted by molar-refractivity contribution is 6.07. The van der Waals surface area contributed by atoms with Crippen LogP contribution in [0, 0.1) is 0 Å². The van der Waals surface area contributed by atoms with Crippen LogP contribution < -0.4 is 0 Å². The minimum absolute atomic E-state index is 0.444. The van der Waals surface area contributed by atoms with Crippen molar-refractivity contribution in [2.75, 3.05) is 7.11 Å². The number of ketones is 1. The first-order chi connectivity index (χ1) is 5.64. The Morgan fingerprint density at radius 2 is 1.46 bits per heavy atom. The number of hydrogen-bond donors (Lipinski definition) is 0. The highest BCUT2D eigenvalue weighted by atomic mass is 19.4. The van der Waals surface area contributed by atoms with E-state index >= 15 is 0 Å². The summed E-state index contributed by atoms with van der Waals surface area (Å²) >= 11 is 0. The Labute approximate surface area is 68.5 Å². The summed E-state index contributed by atoms with van der Waals surface area (Å²) in [5.41, 5.74) is 0. The lowest BCUT2D eigenvalue weighted by atomic mass is 10.2. The summed E-state index contributed by atoms with van der Waals surface area (Å²) in [5, 5.41) is 0. The first-order valence-corrected chi connectivity index (χ1v) is 2.72. The Kier molecular flexibility index (Phi) is 2.96. The molecule has 0 amide bonds. The maximum absolute atomic E-state index is 12.2. The molecule has 0 aromatic rings. The van der Waals surface area contributed by atoms with Gasteiger partial charge in [0.05, 0.1) is 7.11 Å². The zero-order valence-electron chi connectivity index (χ0n) is 6.11. The maximum atomic E-state index is 12.2. The van der Waals surface area contributed by atoms with Crippen LogP contribution in [-0.4, -0.2) is 31.0 Å². The van der Waals surface area contributed by atoms with E-state index in [-0.39, 0.29) is 0 Å². The van der Waals surface area contributed by atoms with E-state index in [2.05, 4.69) is 4.74 Å². The van der Waals surface area contributed by atoms with Crippen molar-refractivity contribution in [2.45, 2.75) is 12.1 Å². The molecule has 0 radical (unpaired) electrons. The topological polar surface area (TPSA) is 43.4 Å². The SMILES string of the molecule is COC(=O)C(F)(F)C(=O)C(F)(F)F. The van der Waals surface area contributed by atoms with Crippen molar-refractivity contribution in [1.82, 2.24) is 0 Å². The van der Waals surface area contributed by atoms with Crippen LogP contribution in [0.3, 0.4) is 0 Å². The first-order valence-electron chi connectivity index (χ1n) is 2.72. The van der Waals surface area contributed by atoms with E-state index in [4.69, 9.17) is 0 Å². The predicted octanol–water partition coefficient (Wildman–Crippen LogP) is 0.926. The van der Waals surface area contributed by atoms with Gasteiger partial charge in [-0.1, -0.05) is 0 Å². The smallest absolute Gasteiger partial charge is 0.457 e. The highest BCUT2D eigenvalue weighted by Crippen LogP contribution is 2.28. The minimum Gasteiger partial charge on any atom is -0.464 e. The quantitative estimate of drug-likeness (QED) is 0.383. The number of carbonyl (C=O) groups is 2. The molecule has 0 fully saturated rings. The molecule has 0 aliphatic carbocycles. The predicted molar refractivity (Wildman–Crippen MR) is 28.0 cm³/mol. The number of ether oxygens (including phenoxy) is 1. The standard InChI is InChI=1S/C5H3F5O3/c1-13-3(12)4(6,7)2(11)5(8,9)10/h1H3. The lowest BCUT2D eigenvalue weighted by molar-refractivity contribution is -0.204. The molecule has 0 bridgehead atoms. The van der Waals surface area contributed by atoms with E-state index in [0.717, 1.165) is 0 Å². The van der Waals surface area contributed by atoms with E-state index in [9.17, 15) is 31.5 Å². The van der Waals surface area contributed by atoms with E-state index in [0.29, 0.717) is 7.11 Å². The van der Waals surface area contributed by atoms with E-state index in [1.807, 2.05) is 0 Å². The maximum Gasteiger partial charge on any atom is 0.457 e. The Morgan fingerprint density at radius 3 is 1.69 bits per heavy atom. The first kappa shape index (κ1) is 11.8. The largest absolute Gasteiger partial charge is 0.464 e. The van der Waals surface area contributed by atoms with Crippen LogP contribution >= 0.6 is 0 Å². The van der Waals surface area contributed by atoms with Crippen LogP contribution in [0.25, 0.3) is 0 Å². The molecule has 0 saturated carbocycles. The molecule has 0 aliphatic rings. The molecule has 8 heteroatoms. The molecule has 3 nitrogen and oxygen atoms in total. The summed E-state index contributed by atoms with van der Waals surface area (Å²) < 4.78 is 61.9. The lowest BCUT2D eigenvalue weighted by Crippen LogP contribution is -2.46. The molecule has 0 spiro atoms. The molecule has 0 heterocycles. The second-order valence-corrected chi connectivity index (χ2v) is 1.89. The number of rotatable bonds is 2. The van der Waals surface area contributed by atoms with Crippen molar-refractivity contribution in [1.29, 1.82) is 0 Å². The van der Waals surface area contributed by atoms with Gasteiger partial charge in [0.15, 0.2) is 0 Å². The number of halogens is 5. The van der Waals surface area contributed by atoms with Gasteiger partial charge in [0.2, 0.25) is 0 Å². The third kappa shape index (κ3) is 2.36. The highest BCUT2D eigenvalue weighted by Gasteiger charge is 2.60. The number of hydrogen-bond acceptors (Lipinski definition) is 3. The van der Waals surface area contributed by atoms with Crippen molar-refractivity contribution in [3.05, 3.63) is 0 Å². The Morgan fingerprint density at radius 1 is 1.08 bits per heavy atom. The van der Waals surface area contributed by atoms with Crippen LogP contribution in [0.4, 0.5) is 22.0 Å². The Bertz CT molecular complexity index is 231. The van der Waals surface area contributed by atoms with Crippen LogP contribution in [-0.2, 0) is 14.3 Å². The zero-order valence-corrected chi connectivity index (χ0v) is 6.11. The number of methoxy groups -OCH3 is 1. The van der Waals surface area contributed by atoms with E-state index in [1.54, 1.807) is 0 Å². The molecule has 0 rings (SSSR count). The van der Waals surface area contributed by atoms with E-state index < -0.39 is 23.9 Å². The second kappa shape index (κ2) is 3.27. The summed E-state index contributed by atoms with van der Waals surface area (Å²) in [6.45, 7) is 0. The minimum atomic E-state index is -5.77. The number of alkyl halides is 5. The van der Waals surface area contributed by atoms with Crippen molar-refractivity contribution in [3.63, 3.8) is 0 Å². The van der Waals surface area contributed by atoms with Gasteiger partial charge < -0.3 is 4.74 Å². The van der Waals surface area contributed by atoms with Crippen LogP contribution in [0.1, 0.15) is 0 Å². The molecule has 13 heavy (non-hydrogen) atoms. The lowest BCUT2D eigenvalue weighted by Gasteiger charge is -2.13. The summed E-state index contributed by atoms with van der Waals surface area (Å²) in [4.78, 5) is 19.9. The fraction of sp³-hybridized carbons (Fsp3) is 0.600. The van der Waals surface area contributed by atoms with Gasteiger partial charge >= 0.3 is 23.9 Å². The van der Waals surface area contributed by atoms with Crippen LogP contribution in [0.2, 0.25) is 0 Å². The number of Topliss-reactive ketones (excluding diaryl/α,β-unsaturated/α-hetero) is 1. The van der Waals surface area contributed by atoms with Crippen LogP contribution in [0.15, 0.2) is 0 Å². The van der Waals surface area contributed by atoms with Gasteiger partial charge in [-0.2, -0.15) is 22.0 Å². The van der Waals surface area contributed by atoms with Crippen molar-refractivity contribution >= 4 is 11.8 Å². The van der Waals surface area contributed by atoms with Gasteiger partial charge in [-0.05, 0) is 0 Å². The van der Waals surface area contributed by atoms with Gasteiger partial charge in [0, 0.05) is 0 Å². The average Bonchev–Trinajstić information content (AvgIpc) is 1.99. The van der Waals surface area contributed by atoms with Crippen molar-refractivity contribution < 1.29 is 36.3 Å². The summed E-state index contributed by atoms with van der Waals surface area (Å²) in [6.07, 6.45) is -5.77. The molecular weight excluding hydrogens is 203 g/mol. The molecule has 0 aromatic heterocycles. The van der Waals surface area contributed by atoms with Crippen molar-refractivity contribution in [3.8, 4) is 0 Å². The number of carbonyl (C=O) groups excluding carboxylic acids is 2. The fourth-order valence-corrected chi connectivity index (χ4v) is 0.399. The van der Waals surface area contributed by atoms with Crippen LogP contribution in [0.5, 0.6) is 0 Å². The fourth-order valence-electron chi connectivity index (χ4n) is 0.399. The summed E-state index contributed by atoms with van der Waals surface area (Å²) in [6, 6.07) is 0. The molecular formula is C5H3F5O3. The average molecular weight is 206 g/mol. The molecule has 0 aliphatic heterocycles. The molecule has 0 atom stereocenters. The van der Waals surface area contributed by atoms with E-state index in [1.165, 1.54) is 0 Å². The number of esters is 1. The van der Waals surface area contributed by atoms with Gasteiger partial charge in [-0.3, -0.25) is 4.79 Å². The van der Waals surface area contributed by atoms with Gasteiger partial charge in [0.1, 0.15) is 0 Å². The second-order valence-electron chi connectivity index (χ2n) is 1.89. The van der Waals surface area contributed by atoms with Gasteiger partial charge in [-0.15, -0.1) is 0 Å². The Hall–Kier alpha value is -1.21. The third-order valence-corrected chi connectivity index (χ3v) is 0.984. The summed E-state index contributed by atoms with van der Waals surface area (Å²) in [7, 11) is 0.444. The zero-order chi connectivity index (χ0) is 10.9. The normalized spacial score (nSPS) is 12.5. The van der Waals surface area contributed by atoms with Crippen molar-refractivity contribution in [2.24, 2.45) is 0 Å². The molecule has 0 saturated heterocycles. The Balaban J connectivity index is 4.85. The molecule has 0 aromatic carbocycles. The summed E-state index contributed by atoms with van der Waals surface area (Å²) in [5.74, 6) is -11.1. The molecule has 0 unspecified atom stereocenters. The molecule has 76 valence electrons.